The number of anilines is 1. The van der Waals surface area contributed by atoms with Gasteiger partial charge in [-0.2, -0.15) is 5.10 Å². The summed E-state index contributed by atoms with van der Waals surface area (Å²) >= 11 is 0. The first-order valence-corrected chi connectivity index (χ1v) is 8.44. The molecule has 26 heavy (non-hydrogen) atoms. The fourth-order valence-corrected chi connectivity index (χ4v) is 2.36. The van der Waals surface area contributed by atoms with Gasteiger partial charge in [0.1, 0.15) is 5.69 Å². The van der Waals surface area contributed by atoms with E-state index >= 15 is 0 Å². The Kier molecular flexibility index (Phi) is 5.48. The number of nitrogens with one attached hydrogen (secondary N) is 1. The van der Waals surface area contributed by atoms with Crippen molar-refractivity contribution < 1.29 is 4.79 Å². The van der Waals surface area contributed by atoms with Crippen LogP contribution >= 0.6 is 0 Å². The highest BCUT2D eigenvalue weighted by Crippen LogP contribution is 2.15. The number of hydrogen-bond acceptors (Lipinski definition) is 5. The van der Waals surface area contributed by atoms with Gasteiger partial charge in [0.15, 0.2) is 5.82 Å². The molecule has 0 aliphatic carbocycles. The number of unbranched alkanes of at least 4 members (excludes halogenated alkanes) is 1. The highest BCUT2D eigenvalue weighted by molar-refractivity contribution is 6.02. The summed E-state index contributed by atoms with van der Waals surface area (Å²) in [4.78, 5) is 32.7. The van der Waals surface area contributed by atoms with Gasteiger partial charge in [0.2, 0.25) is 0 Å². The van der Waals surface area contributed by atoms with Gasteiger partial charge in [0.05, 0.1) is 18.1 Å². The van der Waals surface area contributed by atoms with Crippen molar-refractivity contribution in [1.82, 2.24) is 19.7 Å². The van der Waals surface area contributed by atoms with E-state index in [-0.39, 0.29) is 11.3 Å². The third kappa shape index (κ3) is 4.18. The van der Waals surface area contributed by atoms with Gasteiger partial charge in [-0.15, -0.1) is 0 Å². The Morgan fingerprint density at radius 3 is 2.50 bits per heavy atom. The van der Waals surface area contributed by atoms with E-state index in [1.165, 1.54) is 16.8 Å². The van der Waals surface area contributed by atoms with Crippen LogP contribution in [0.3, 0.4) is 0 Å². The fraction of sp³-hybridized carbons (Fsp3) is 0.211. The molecule has 2 heterocycles. The second-order valence-corrected chi connectivity index (χ2v) is 5.75. The Morgan fingerprint density at radius 1 is 1.08 bits per heavy atom. The quantitative estimate of drug-likeness (QED) is 0.739. The topological polar surface area (TPSA) is 89.8 Å². The molecule has 7 nitrogen and oxygen atoms in total. The van der Waals surface area contributed by atoms with Gasteiger partial charge in [0, 0.05) is 18.2 Å². The molecule has 3 aromatic rings. The van der Waals surface area contributed by atoms with Crippen LogP contribution in [0.1, 0.15) is 30.3 Å². The Hall–Kier alpha value is -3.35. The van der Waals surface area contributed by atoms with Crippen molar-refractivity contribution in [3.05, 3.63) is 70.9 Å². The number of amides is 1. The molecule has 2 aromatic heterocycles. The van der Waals surface area contributed by atoms with E-state index in [1.54, 1.807) is 12.4 Å². The van der Waals surface area contributed by atoms with E-state index in [4.69, 9.17) is 0 Å². The van der Waals surface area contributed by atoms with Crippen LogP contribution in [0, 0.1) is 0 Å². The number of carbonyl (C=O) groups is 1. The zero-order valence-corrected chi connectivity index (χ0v) is 14.4. The molecule has 0 aliphatic rings. The summed E-state index contributed by atoms with van der Waals surface area (Å²) in [6.45, 7) is 2.52. The molecule has 0 atom stereocenters. The lowest BCUT2D eigenvalue weighted by atomic mass is 10.2. The number of nitrogens with zero attached hydrogens (tertiary/aromatic N) is 4. The van der Waals surface area contributed by atoms with E-state index in [1.807, 2.05) is 37.3 Å². The van der Waals surface area contributed by atoms with Gasteiger partial charge in [-0.1, -0.05) is 43.7 Å². The Balaban J connectivity index is 1.73. The Bertz CT molecular complexity index is 936. The summed E-state index contributed by atoms with van der Waals surface area (Å²) in [7, 11) is 0. The minimum atomic E-state index is -0.411. The number of hydrogen-bond donors (Lipinski definition) is 1. The average molecular weight is 349 g/mol. The second-order valence-electron chi connectivity index (χ2n) is 5.75. The molecule has 1 aromatic carbocycles. The lowest BCUT2D eigenvalue weighted by Crippen LogP contribution is -2.26. The van der Waals surface area contributed by atoms with Gasteiger partial charge in [-0.25, -0.2) is 14.6 Å². The van der Waals surface area contributed by atoms with Crippen LogP contribution in [0.4, 0.5) is 5.69 Å². The van der Waals surface area contributed by atoms with Crippen LogP contribution < -0.4 is 10.9 Å². The van der Waals surface area contributed by atoms with Crippen LogP contribution in [0.5, 0.6) is 0 Å². The van der Waals surface area contributed by atoms with Gasteiger partial charge in [-0.05, 0) is 12.5 Å². The van der Waals surface area contributed by atoms with E-state index in [2.05, 4.69) is 20.4 Å². The maximum atomic E-state index is 12.4. The van der Waals surface area contributed by atoms with E-state index in [0.717, 1.165) is 18.4 Å². The molecule has 0 saturated carbocycles. The van der Waals surface area contributed by atoms with Crippen molar-refractivity contribution >= 4 is 11.6 Å². The molecule has 7 heteroatoms. The number of rotatable bonds is 6. The molecule has 0 unspecified atom stereocenters. The largest absolute Gasteiger partial charge is 0.318 e. The first kappa shape index (κ1) is 17.5. The van der Waals surface area contributed by atoms with E-state index < -0.39 is 5.91 Å². The van der Waals surface area contributed by atoms with Crippen LogP contribution in [0.25, 0.3) is 11.4 Å². The first-order valence-electron chi connectivity index (χ1n) is 8.44. The predicted octanol–water partition coefficient (Wildman–Crippen LogP) is 2.75. The summed E-state index contributed by atoms with van der Waals surface area (Å²) in [6, 6.07) is 12.3. The lowest BCUT2D eigenvalue weighted by Gasteiger charge is -2.07. The molecule has 1 amide bonds. The molecule has 0 aliphatic heterocycles. The number of benzene rings is 1. The summed E-state index contributed by atoms with van der Waals surface area (Å²) < 4.78 is 1.31. The molecule has 0 fully saturated rings. The van der Waals surface area contributed by atoms with E-state index in [9.17, 15) is 9.59 Å². The van der Waals surface area contributed by atoms with Gasteiger partial charge in [-0.3, -0.25) is 9.59 Å². The molecule has 0 bridgehead atoms. The average Bonchev–Trinajstić information content (AvgIpc) is 2.68. The fourth-order valence-electron chi connectivity index (χ4n) is 2.36. The molecule has 3 rings (SSSR count). The van der Waals surface area contributed by atoms with Crippen molar-refractivity contribution in [2.45, 2.75) is 26.3 Å². The number of aromatic nitrogens is 4. The maximum absolute atomic E-state index is 12.4. The molecular formula is C19H19N5O2. The first-order chi connectivity index (χ1) is 12.7. The van der Waals surface area contributed by atoms with Gasteiger partial charge < -0.3 is 5.32 Å². The Labute approximate surface area is 150 Å². The summed E-state index contributed by atoms with van der Waals surface area (Å²) in [6.07, 6.45) is 4.85. The highest BCUT2D eigenvalue weighted by atomic mass is 16.2. The second kappa shape index (κ2) is 8.15. The molecule has 0 spiro atoms. The third-order valence-corrected chi connectivity index (χ3v) is 3.76. The van der Waals surface area contributed by atoms with Crippen LogP contribution in [0.2, 0.25) is 0 Å². The molecular weight excluding hydrogens is 330 g/mol. The SMILES string of the molecule is CCCCn1nc(C(=O)Nc2cnc(-c3ccccc3)nc2)ccc1=O. The van der Waals surface area contributed by atoms with Crippen molar-refractivity contribution in [2.24, 2.45) is 0 Å². The van der Waals surface area contributed by atoms with Crippen LogP contribution in [-0.2, 0) is 6.54 Å². The summed E-state index contributed by atoms with van der Waals surface area (Å²) in [5.74, 6) is 0.168. The molecule has 1 N–H and O–H groups in total. The maximum Gasteiger partial charge on any atom is 0.276 e. The summed E-state index contributed by atoms with van der Waals surface area (Å²) in [5, 5.41) is 6.82. The Morgan fingerprint density at radius 2 is 1.81 bits per heavy atom. The standard InChI is InChI=1S/C19H19N5O2/c1-2-3-11-24-17(25)10-9-16(23-24)19(26)22-15-12-20-18(21-13-15)14-7-5-4-6-8-14/h4-10,12-13H,2-3,11H2,1H3,(H,22,26). The zero-order valence-electron chi connectivity index (χ0n) is 14.4. The number of carbonyl (C=O) groups excluding carboxylic acids is 1. The highest BCUT2D eigenvalue weighted by Gasteiger charge is 2.11. The van der Waals surface area contributed by atoms with Crippen molar-refractivity contribution in [1.29, 1.82) is 0 Å². The normalized spacial score (nSPS) is 10.5. The van der Waals surface area contributed by atoms with Crippen molar-refractivity contribution in [2.75, 3.05) is 5.32 Å². The minimum Gasteiger partial charge on any atom is -0.318 e. The van der Waals surface area contributed by atoms with Gasteiger partial charge >= 0.3 is 0 Å². The third-order valence-electron chi connectivity index (χ3n) is 3.76. The minimum absolute atomic E-state index is 0.174. The monoisotopic (exact) mass is 349 g/mol. The number of aryl methyl sites for hydroxylation is 1. The molecule has 0 saturated heterocycles. The van der Waals surface area contributed by atoms with E-state index in [0.29, 0.717) is 18.1 Å². The lowest BCUT2D eigenvalue weighted by molar-refractivity contribution is 0.101. The molecule has 0 radical (unpaired) electrons. The zero-order chi connectivity index (χ0) is 18.4. The molecule has 132 valence electrons. The predicted molar refractivity (Wildman–Crippen MR) is 98.8 cm³/mol. The smallest absolute Gasteiger partial charge is 0.276 e. The summed E-state index contributed by atoms with van der Waals surface area (Å²) in [5.41, 5.74) is 1.32. The van der Waals surface area contributed by atoms with Crippen LogP contribution in [-0.4, -0.2) is 25.7 Å². The van der Waals surface area contributed by atoms with Gasteiger partial charge in [0.25, 0.3) is 11.5 Å². The van der Waals surface area contributed by atoms with Crippen molar-refractivity contribution in [3.63, 3.8) is 0 Å². The van der Waals surface area contributed by atoms with Crippen molar-refractivity contribution in [3.8, 4) is 11.4 Å². The van der Waals surface area contributed by atoms with Crippen LogP contribution in [0.15, 0.2) is 59.7 Å².